The predicted molar refractivity (Wildman–Crippen MR) is 118 cm³/mol. The van der Waals surface area contributed by atoms with E-state index in [0.717, 1.165) is 39.8 Å². The van der Waals surface area contributed by atoms with Gasteiger partial charge in [0.1, 0.15) is 6.61 Å². The number of hydrogen-bond acceptors (Lipinski definition) is 3. The van der Waals surface area contributed by atoms with Crippen LogP contribution in [0.1, 0.15) is 22.3 Å². The lowest BCUT2D eigenvalue weighted by molar-refractivity contribution is 0.284. The maximum absolute atomic E-state index is 6.19. The van der Waals surface area contributed by atoms with E-state index in [2.05, 4.69) is 36.5 Å². The van der Waals surface area contributed by atoms with Crippen molar-refractivity contribution in [3.63, 3.8) is 0 Å². The smallest absolute Gasteiger partial charge is 0.161 e. The van der Waals surface area contributed by atoms with Gasteiger partial charge in [0.05, 0.1) is 7.11 Å². The Hall–Kier alpha value is -2.20. The molecule has 5 heteroatoms. The first-order chi connectivity index (χ1) is 13.2. The van der Waals surface area contributed by atoms with Crippen LogP contribution in [-0.2, 0) is 19.7 Å². The minimum Gasteiger partial charge on any atom is -0.493 e. The van der Waals surface area contributed by atoms with Gasteiger partial charge < -0.3 is 14.8 Å². The molecular weight excluding hydrogens is 393 g/mol. The predicted octanol–water partition coefficient (Wildman–Crippen LogP) is 5.95. The van der Waals surface area contributed by atoms with Gasteiger partial charge in [0.25, 0.3) is 0 Å². The van der Waals surface area contributed by atoms with E-state index in [0.29, 0.717) is 13.2 Å². The molecule has 0 bridgehead atoms. The van der Waals surface area contributed by atoms with E-state index < -0.39 is 0 Å². The van der Waals surface area contributed by atoms with Crippen molar-refractivity contribution in [3.8, 4) is 11.5 Å². The summed E-state index contributed by atoms with van der Waals surface area (Å²) in [6.07, 6.45) is 0. The molecular formula is C23H25Cl2NO2. The van der Waals surface area contributed by atoms with E-state index in [1.54, 1.807) is 7.11 Å². The number of aryl methyl sites for hydroxylation is 1. The average molecular weight is 418 g/mol. The van der Waals surface area contributed by atoms with Crippen LogP contribution in [0.15, 0.2) is 66.7 Å². The summed E-state index contributed by atoms with van der Waals surface area (Å²) in [7, 11) is 1.66. The molecule has 0 fully saturated rings. The normalized spacial score (nSPS) is 10.2. The molecule has 3 aromatic rings. The lowest BCUT2D eigenvalue weighted by Crippen LogP contribution is -2.13. The minimum atomic E-state index is 0. The Morgan fingerprint density at radius 3 is 2.29 bits per heavy atom. The SMILES string of the molecule is COc1cc(CNCc2ccccc2Cl)ccc1OCc1ccc(C)cc1.Cl. The van der Waals surface area contributed by atoms with Crippen molar-refractivity contribution in [2.24, 2.45) is 0 Å². The van der Waals surface area contributed by atoms with Gasteiger partial charge in [-0.25, -0.2) is 0 Å². The van der Waals surface area contributed by atoms with Crippen molar-refractivity contribution < 1.29 is 9.47 Å². The number of rotatable bonds is 8. The number of halogens is 2. The molecule has 0 radical (unpaired) electrons. The van der Waals surface area contributed by atoms with Gasteiger partial charge in [-0.15, -0.1) is 12.4 Å². The summed E-state index contributed by atoms with van der Waals surface area (Å²) in [6.45, 7) is 4.03. The highest BCUT2D eigenvalue weighted by Gasteiger charge is 2.07. The molecule has 3 aromatic carbocycles. The van der Waals surface area contributed by atoms with Crippen LogP contribution in [0.3, 0.4) is 0 Å². The van der Waals surface area contributed by atoms with Crippen LogP contribution in [0.5, 0.6) is 11.5 Å². The Labute approximate surface area is 178 Å². The fourth-order valence-electron chi connectivity index (χ4n) is 2.77. The van der Waals surface area contributed by atoms with Crippen LogP contribution in [0.2, 0.25) is 5.02 Å². The molecule has 0 unspecified atom stereocenters. The number of nitrogens with one attached hydrogen (secondary N) is 1. The van der Waals surface area contributed by atoms with Crippen molar-refractivity contribution in [2.75, 3.05) is 7.11 Å². The molecule has 0 atom stereocenters. The maximum atomic E-state index is 6.19. The summed E-state index contributed by atoms with van der Waals surface area (Å²) in [5.41, 5.74) is 4.59. The van der Waals surface area contributed by atoms with Crippen molar-refractivity contribution in [3.05, 3.63) is 94.0 Å². The highest BCUT2D eigenvalue weighted by molar-refractivity contribution is 6.31. The van der Waals surface area contributed by atoms with Crippen LogP contribution in [0.4, 0.5) is 0 Å². The number of methoxy groups -OCH3 is 1. The molecule has 3 nitrogen and oxygen atoms in total. The molecule has 0 aromatic heterocycles. The van der Waals surface area contributed by atoms with Gasteiger partial charge in [-0.2, -0.15) is 0 Å². The van der Waals surface area contributed by atoms with Crippen LogP contribution >= 0.6 is 24.0 Å². The van der Waals surface area contributed by atoms with E-state index in [-0.39, 0.29) is 12.4 Å². The fourth-order valence-corrected chi connectivity index (χ4v) is 2.97. The van der Waals surface area contributed by atoms with Crippen molar-refractivity contribution in [1.82, 2.24) is 5.32 Å². The zero-order valence-corrected chi connectivity index (χ0v) is 17.6. The van der Waals surface area contributed by atoms with E-state index in [1.165, 1.54) is 5.56 Å². The third kappa shape index (κ3) is 6.16. The van der Waals surface area contributed by atoms with Crippen molar-refractivity contribution in [1.29, 1.82) is 0 Å². The lowest BCUT2D eigenvalue weighted by Gasteiger charge is -2.13. The third-order valence-corrected chi connectivity index (χ3v) is 4.71. The molecule has 28 heavy (non-hydrogen) atoms. The van der Waals surface area contributed by atoms with Gasteiger partial charge in [0.15, 0.2) is 11.5 Å². The quantitative estimate of drug-likeness (QED) is 0.491. The second kappa shape index (κ2) is 11.0. The molecule has 1 N–H and O–H groups in total. The molecule has 0 aliphatic heterocycles. The van der Waals surface area contributed by atoms with E-state index >= 15 is 0 Å². The van der Waals surface area contributed by atoms with Crippen molar-refractivity contribution in [2.45, 2.75) is 26.6 Å². The minimum absolute atomic E-state index is 0. The van der Waals surface area contributed by atoms with Gasteiger partial charge in [-0.05, 0) is 41.8 Å². The summed E-state index contributed by atoms with van der Waals surface area (Å²) in [6, 6.07) is 22.2. The first-order valence-corrected chi connectivity index (χ1v) is 9.33. The van der Waals surface area contributed by atoms with Gasteiger partial charge >= 0.3 is 0 Å². The third-order valence-electron chi connectivity index (χ3n) is 4.35. The van der Waals surface area contributed by atoms with Crippen LogP contribution < -0.4 is 14.8 Å². The highest BCUT2D eigenvalue weighted by atomic mass is 35.5. The van der Waals surface area contributed by atoms with Crippen molar-refractivity contribution >= 4 is 24.0 Å². The topological polar surface area (TPSA) is 30.5 Å². The molecule has 0 amide bonds. The molecule has 0 heterocycles. The lowest BCUT2D eigenvalue weighted by atomic mass is 10.1. The average Bonchev–Trinajstić information content (AvgIpc) is 2.69. The Balaban J connectivity index is 0.00000280. The summed E-state index contributed by atoms with van der Waals surface area (Å²) in [5, 5.41) is 4.19. The van der Waals surface area contributed by atoms with Crippen LogP contribution in [-0.4, -0.2) is 7.11 Å². The molecule has 0 saturated heterocycles. The fraction of sp³-hybridized carbons (Fsp3) is 0.217. The van der Waals surface area contributed by atoms with Crippen LogP contribution in [0, 0.1) is 6.92 Å². The molecule has 0 saturated carbocycles. The summed E-state index contributed by atoms with van der Waals surface area (Å²) < 4.78 is 11.4. The van der Waals surface area contributed by atoms with E-state index in [4.69, 9.17) is 21.1 Å². The Morgan fingerprint density at radius 1 is 0.857 bits per heavy atom. The molecule has 0 spiro atoms. The van der Waals surface area contributed by atoms with Gasteiger partial charge in [0.2, 0.25) is 0 Å². The Morgan fingerprint density at radius 2 is 1.57 bits per heavy atom. The molecule has 3 rings (SSSR count). The van der Waals surface area contributed by atoms with Gasteiger partial charge in [-0.1, -0.05) is 65.7 Å². The van der Waals surface area contributed by atoms with Crippen LogP contribution in [0.25, 0.3) is 0 Å². The first-order valence-electron chi connectivity index (χ1n) is 8.95. The molecule has 0 aliphatic carbocycles. The maximum Gasteiger partial charge on any atom is 0.161 e. The van der Waals surface area contributed by atoms with E-state index in [1.807, 2.05) is 42.5 Å². The van der Waals surface area contributed by atoms with Gasteiger partial charge in [0, 0.05) is 18.1 Å². The summed E-state index contributed by atoms with van der Waals surface area (Å²) >= 11 is 6.19. The second-order valence-corrected chi connectivity index (χ2v) is 6.86. The van der Waals surface area contributed by atoms with Gasteiger partial charge in [-0.3, -0.25) is 0 Å². The molecule has 0 aliphatic rings. The standard InChI is InChI=1S/C23H24ClNO2.ClH/c1-17-7-9-18(10-8-17)16-27-22-12-11-19(13-23(22)26-2)14-25-15-20-5-3-4-6-21(20)24;/h3-13,25H,14-16H2,1-2H3;1H. The Kier molecular flexibility index (Phi) is 8.65. The second-order valence-electron chi connectivity index (χ2n) is 6.45. The monoisotopic (exact) mass is 417 g/mol. The molecule has 148 valence electrons. The Bertz CT molecular complexity index is 882. The number of ether oxygens (including phenoxy) is 2. The summed E-state index contributed by atoms with van der Waals surface area (Å²) in [4.78, 5) is 0. The largest absolute Gasteiger partial charge is 0.493 e. The first kappa shape index (κ1) is 22.1. The zero-order valence-electron chi connectivity index (χ0n) is 16.1. The summed E-state index contributed by atoms with van der Waals surface area (Å²) in [5.74, 6) is 1.48. The zero-order chi connectivity index (χ0) is 19.1. The van der Waals surface area contributed by atoms with E-state index in [9.17, 15) is 0 Å². The number of hydrogen-bond donors (Lipinski definition) is 1. The number of benzene rings is 3. The highest BCUT2D eigenvalue weighted by Crippen LogP contribution is 2.29.